The van der Waals surface area contributed by atoms with E-state index in [2.05, 4.69) is 32.9 Å². The molecule has 0 saturated carbocycles. The Kier molecular flexibility index (Phi) is 68.0. The van der Waals surface area contributed by atoms with Crippen LogP contribution in [0.15, 0.2) is 12.2 Å². The van der Waals surface area contributed by atoms with E-state index in [1.165, 1.54) is 327 Å². The van der Waals surface area contributed by atoms with Crippen LogP contribution < -0.4 is 0 Å². The van der Waals surface area contributed by atoms with E-state index >= 15 is 0 Å². The first-order valence-corrected chi connectivity index (χ1v) is 36.7. The van der Waals surface area contributed by atoms with Gasteiger partial charge in [0.15, 0.2) is 6.10 Å². The monoisotopic (exact) mass is 1130 g/mol. The quantitative estimate of drug-likeness (QED) is 0.0261. The molecule has 0 heterocycles. The topological polar surface area (TPSA) is 78.9 Å². The predicted molar refractivity (Wildman–Crippen MR) is 349 cm³/mol. The number of unbranched alkanes of at least 4 members (excludes halogenated alkanes) is 56. The van der Waals surface area contributed by atoms with Crippen LogP contribution in [0.1, 0.15) is 425 Å². The molecule has 0 spiro atoms. The van der Waals surface area contributed by atoms with Gasteiger partial charge in [0, 0.05) is 19.3 Å². The van der Waals surface area contributed by atoms with E-state index in [0.717, 1.165) is 57.8 Å². The molecule has 0 bridgehead atoms. The minimum Gasteiger partial charge on any atom is -0.462 e. The van der Waals surface area contributed by atoms with E-state index in [1.807, 2.05) is 0 Å². The van der Waals surface area contributed by atoms with Gasteiger partial charge in [0.1, 0.15) is 13.2 Å². The van der Waals surface area contributed by atoms with Crippen LogP contribution in [0.5, 0.6) is 0 Å². The standard InChI is InChI=1S/C74H142O6/c1-4-7-10-13-16-19-22-25-28-31-32-33-34-35-36-37-38-39-40-41-44-46-49-52-55-58-61-64-67-73(76)79-70-71(80-74(77)68-65-62-59-56-53-50-47-43-30-27-24-21-18-15-12-9-6-3)69-78-72(75)66-63-60-57-54-51-48-45-42-29-26-23-20-17-14-11-8-5-2/h27,30,71H,4-26,28-29,31-70H2,1-3H3/b30-27-. The molecule has 0 aliphatic heterocycles. The van der Waals surface area contributed by atoms with E-state index < -0.39 is 6.10 Å². The summed E-state index contributed by atoms with van der Waals surface area (Å²) in [7, 11) is 0. The van der Waals surface area contributed by atoms with Crippen LogP contribution in [-0.2, 0) is 28.6 Å². The van der Waals surface area contributed by atoms with Crippen molar-refractivity contribution in [1.82, 2.24) is 0 Å². The third-order valence-corrected chi connectivity index (χ3v) is 17.0. The highest BCUT2D eigenvalue weighted by molar-refractivity contribution is 5.71. The molecule has 80 heavy (non-hydrogen) atoms. The third-order valence-electron chi connectivity index (χ3n) is 17.0. The number of rotatable bonds is 69. The number of ether oxygens (including phenoxy) is 3. The van der Waals surface area contributed by atoms with Crippen molar-refractivity contribution in [2.24, 2.45) is 0 Å². The highest BCUT2D eigenvalue weighted by atomic mass is 16.6. The summed E-state index contributed by atoms with van der Waals surface area (Å²) in [5.41, 5.74) is 0. The van der Waals surface area contributed by atoms with Crippen LogP contribution >= 0.6 is 0 Å². The summed E-state index contributed by atoms with van der Waals surface area (Å²) in [4.78, 5) is 38.5. The first-order chi connectivity index (χ1) is 39.5. The van der Waals surface area contributed by atoms with Crippen molar-refractivity contribution < 1.29 is 28.6 Å². The van der Waals surface area contributed by atoms with Gasteiger partial charge in [0.2, 0.25) is 0 Å². The van der Waals surface area contributed by atoms with Crippen molar-refractivity contribution in [3.63, 3.8) is 0 Å². The van der Waals surface area contributed by atoms with E-state index in [0.29, 0.717) is 19.3 Å². The molecule has 0 fully saturated rings. The van der Waals surface area contributed by atoms with Crippen molar-refractivity contribution in [2.75, 3.05) is 13.2 Å². The average molecular weight is 1130 g/mol. The van der Waals surface area contributed by atoms with Gasteiger partial charge in [-0.15, -0.1) is 0 Å². The molecule has 0 amide bonds. The van der Waals surface area contributed by atoms with Gasteiger partial charge in [-0.25, -0.2) is 0 Å². The van der Waals surface area contributed by atoms with Crippen LogP contribution in [0.25, 0.3) is 0 Å². The number of carbonyl (C=O) groups is 3. The second-order valence-corrected chi connectivity index (χ2v) is 25.2. The molecular formula is C74H142O6. The van der Waals surface area contributed by atoms with Crippen molar-refractivity contribution in [3.8, 4) is 0 Å². The second kappa shape index (κ2) is 69.6. The van der Waals surface area contributed by atoms with Gasteiger partial charge in [-0.2, -0.15) is 0 Å². The molecular weight excluding hydrogens is 985 g/mol. The third kappa shape index (κ3) is 66.9. The average Bonchev–Trinajstić information content (AvgIpc) is 3.46. The zero-order valence-electron chi connectivity index (χ0n) is 54.6. The maximum atomic E-state index is 12.9. The molecule has 0 radical (unpaired) electrons. The second-order valence-electron chi connectivity index (χ2n) is 25.2. The molecule has 0 aliphatic carbocycles. The van der Waals surface area contributed by atoms with Crippen LogP contribution in [0.3, 0.4) is 0 Å². The Morgan fingerprint density at radius 1 is 0.237 bits per heavy atom. The molecule has 1 atom stereocenters. The Hall–Kier alpha value is -1.85. The Morgan fingerprint density at radius 3 is 0.625 bits per heavy atom. The lowest BCUT2D eigenvalue weighted by atomic mass is 10.0. The zero-order valence-corrected chi connectivity index (χ0v) is 54.6. The Morgan fingerprint density at radius 2 is 0.412 bits per heavy atom. The summed E-state index contributed by atoms with van der Waals surface area (Å²) in [5.74, 6) is -0.831. The SMILES string of the molecule is CCCCCCCC/C=C\CCCCCCCCCC(=O)OC(COC(=O)CCCCCCCCCCCCCCCCCCC)COC(=O)CCCCCCCCCCCCCCCCCCCCCCCCCCCCCC. The lowest BCUT2D eigenvalue weighted by molar-refractivity contribution is -0.167. The maximum Gasteiger partial charge on any atom is 0.306 e. The van der Waals surface area contributed by atoms with Gasteiger partial charge in [0.05, 0.1) is 0 Å². The number of hydrogen-bond donors (Lipinski definition) is 0. The van der Waals surface area contributed by atoms with E-state index in [4.69, 9.17) is 14.2 Å². The molecule has 0 rings (SSSR count). The first kappa shape index (κ1) is 78.1. The van der Waals surface area contributed by atoms with Gasteiger partial charge in [0.25, 0.3) is 0 Å². The van der Waals surface area contributed by atoms with Crippen molar-refractivity contribution in [3.05, 3.63) is 12.2 Å². The van der Waals surface area contributed by atoms with E-state index in [1.54, 1.807) is 0 Å². The van der Waals surface area contributed by atoms with Crippen LogP contribution in [0.2, 0.25) is 0 Å². The lowest BCUT2D eigenvalue weighted by Gasteiger charge is -2.18. The molecule has 0 aromatic heterocycles. The number of allylic oxidation sites excluding steroid dienone is 2. The van der Waals surface area contributed by atoms with E-state index in [9.17, 15) is 14.4 Å². The summed E-state index contributed by atoms with van der Waals surface area (Å²) in [5, 5.41) is 0. The molecule has 474 valence electrons. The highest BCUT2D eigenvalue weighted by Crippen LogP contribution is 2.19. The minimum atomic E-state index is -0.769. The van der Waals surface area contributed by atoms with Crippen molar-refractivity contribution in [1.29, 1.82) is 0 Å². The molecule has 0 aromatic carbocycles. The van der Waals surface area contributed by atoms with E-state index in [-0.39, 0.29) is 31.1 Å². The molecule has 0 aliphatic rings. The van der Waals surface area contributed by atoms with Crippen molar-refractivity contribution >= 4 is 17.9 Å². The molecule has 0 saturated heterocycles. The first-order valence-electron chi connectivity index (χ1n) is 36.7. The fourth-order valence-electron chi connectivity index (χ4n) is 11.5. The molecule has 1 unspecified atom stereocenters. The molecule has 6 heteroatoms. The fraction of sp³-hybridized carbons (Fsp3) is 0.932. The fourth-order valence-corrected chi connectivity index (χ4v) is 11.5. The Labute approximate surface area is 501 Å². The zero-order chi connectivity index (χ0) is 57.8. The smallest absolute Gasteiger partial charge is 0.306 e. The van der Waals surface area contributed by atoms with Crippen molar-refractivity contribution in [2.45, 2.75) is 431 Å². The summed E-state index contributed by atoms with van der Waals surface area (Å²) in [6, 6.07) is 0. The number of hydrogen-bond acceptors (Lipinski definition) is 6. The normalized spacial score (nSPS) is 12.0. The Balaban J connectivity index is 4.20. The summed E-state index contributed by atoms with van der Waals surface area (Å²) < 4.78 is 17.0. The largest absolute Gasteiger partial charge is 0.462 e. The Bertz CT molecular complexity index is 1250. The number of esters is 3. The van der Waals surface area contributed by atoms with Crippen LogP contribution in [-0.4, -0.2) is 37.2 Å². The van der Waals surface area contributed by atoms with Gasteiger partial charge in [-0.1, -0.05) is 373 Å². The predicted octanol–water partition coefficient (Wildman–Crippen LogP) is 25.2. The van der Waals surface area contributed by atoms with Gasteiger partial charge in [-0.05, 0) is 44.9 Å². The molecule has 0 aromatic rings. The van der Waals surface area contributed by atoms with Gasteiger partial charge >= 0.3 is 17.9 Å². The lowest BCUT2D eigenvalue weighted by Crippen LogP contribution is -2.30. The highest BCUT2D eigenvalue weighted by Gasteiger charge is 2.20. The summed E-state index contributed by atoms with van der Waals surface area (Å²) in [6.07, 6.45) is 83.9. The maximum absolute atomic E-state index is 12.9. The van der Waals surface area contributed by atoms with Gasteiger partial charge in [-0.3, -0.25) is 14.4 Å². The summed E-state index contributed by atoms with van der Waals surface area (Å²) in [6.45, 7) is 6.73. The molecule has 6 nitrogen and oxygen atoms in total. The van der Waals surface area contributed by atoms with Crippen LogP contribution in [0, 0.1) is 0 Å². The minimum absolute atomic E-state index is 0.0647. The number of carbonyl (C=O) groups excluding carboxylic acids is 3. The summed E-state index contributed by atoms with van der Waals surface area (Å²) >= 11 is 0. The van der Waals surface area contributed by atoms with Gasteiger partial charge < -0.3 is 14.2 Å². The molecule has 0 N–H and O–H groups in total. The van der Waals surface area contributed by atoms with Crippen LogP contribution in [0.4, 0.5) is 0 Å².